The van der Waals surface area contributed by atoms with Gasteiger partial charge in [0, 0.05) is 11.5 Å². The Hall–Kier alpha value is -0.440. The molecule has 1 aromatic carbocycles. The summed E-state index contributed by atoms with van der Waals surface area (Å²) in [5.41, 5.74) is -1.59. The van der Waals surface area contributed by atoms with Gasteiger partial charge in [0.05, 0.1) is 10.0 Å². The summed E-state index contributed by atoms with van der Waals surface area (Å²) >= 11 is 17.5. The standard InChI is InChI=1S/C12H13Cl3O2/c1-12(2,3)10(16)11(15)17-7-4-5-8(13)9(14)6-7/h4-6,11H,1-3H3. The van der Waals surface area contributed by atoms with Gasteiger partial charge in [-0.25, -0.2) is 0 Å². The van der Waals surface area contributed by atoms with E-state index in [9.17, 15) is 4.79 Å². The van der Waals surface area contributed by atoms with Crippen molar-refractivity contribution >= 4 is 40.6 Å². The first kappa shape index (κ1) is 14.6. The van der Waals surface area contributed by atoms with Crippen molar-refractivity contribution in [3.63, 3.8) is 0 Å². The minimum atomic E-state index is -1.03. The maximum absolute atomic E-state index is 11.8. The molecule has 0 spiro atoms. The van der Waals surface area contributed by atoms with Crippen molar-refractivity contribution in [2.75, 3.05) is 0 Å². The molecule has 0 amide bonds. The number of ketones is 1. The molecule has 5 heteroatoms. The molecule has 94 valence electrons. The molecular formula is C12H13Cl3O2. The first-order valence-electron chi connectivity index (χ1n) is 5.02. The topological polar surface area (TPSA) is 26.3 Å². The molecule has 0 aliphatic heterocycles. The quantitative estimate of drug-likeness (QED) is 0.765. The van der Waals surface area contributed by atoms with Crippen LogP contribution in [0.5, 0.6) is 5.75 Å². The van der Waals surface area contributed by atoms with E-state index < -0.39 is 11.0 Å². The molecule has 0 N–H and O–H groups in total. The van der Waals surface area contributed by atoms with E-state index in [1.165, 1.54) is 6.07 Å². The van der Waals surface area contributed by atoms with E-state index in [1.54, 1.807) is 32.9 Å². The zero-order valence-electron chi connectivity index (χ0n) is 9.76. The number of hydrogen-bond donors (Lipinski definition) is 0. The van der Waals surface area contributed by atoms with Crippen molar-refractivity contribution in [2.45, 2.75) is 26.3 Å². The van der Waals surface area contributed by atoms with E-state index in [0.717, 1.165) is 0 Å². The molecule has 0 aromatic heterocycles. The van der Waals surface area contributed by atoms with Crippen molar-refractivity contribution in [3.05, 3.63) is 28.2 Å². The Morgan fingerprint density at radius 2 is 1.82 bits per heavy atom. The van der Waals surface area contributed by atoms with E-state index in [-0.39, 0.29) is 5.78 Å². The minimum Gasteiger partial charge on any atom is -0.467 e. The molecule has 0 bridgehead atoms. The summed E-state index contributed by atoms with van der Waals surface area (Å²) in [7, 11) is 0. The molecule has 0 aliphatic carbocycles. The van der Waals surface area contributed by atoms with E-state index in [4.69, 9.17) is 39.5 Å². The lowest BCUT2D eigenvalue weighted by Gasteiger charge is -2.21. The maximum Gasteiger partial charge on any atom is 0.230 e. The van der Waals surface area contributed by atoms with Gasteiger partial charge in [-0.3, -0.25) is 4.79 Å². The number of benzene rings is 1. The second kappa shape index (κ2) is 5.47. The molecule has 1 atom stereocenters. The zero-order chi connectivity index (χ0) is 13.2. The van der Waals surface area contributed by atoms with Crippen LogP contribution in [0, 0.1) is 5.41 Å². The van der Waals surface area contributed by atoms with Gasteiger partial charge in [-0.2, -0.15) is 0 Å². The predicted molar refractivity (Wildman–Crippen MR) is 71.2 cm³/mol. The van der Waals surface area contributed by atoms with Crippen LogP contribution in [0.1, 0.15) is 20.8 Å². The van der Waals surface area contributed by atoms with Crippen LogP contribution in [0.3, 0.4) is 0 Å². The number of carbonyl (C=O) groups is 1. The highest BCUT2D eigenvalue weighted by Gasteiger charge is 2.29. The molecule has 0 radical (unpaired) electrons. The van der Waals surface area contributed by atoms with Gasteiger partial charge in [0.25, 0.3) is 0 Å². The van der Waals surface area contributed by atoms with Gasteiger partial charge in [0.15, 0.2) is 5.78 Å². The molecule has 1 unspecified atom stereocenters. The molecule has 1 aromatic rings. The molecule has 17 heavy (non-hydrogen) atoms. The second-order valence-corrected chi connectivity index (χ2v) is 5.83. The molecule has 0 saturated heterocycles. The first-order chi connectivity index (χ1) is 7.71. The van der Waals surface area contributed by atoms with Gasteiger partial charge in [0.1, 0.15) is 5.75 Å². The van der Waals surface area contributed by atoms with Crippen LogP contribution in [0.15, 0.2) is 18.2 Å². The number of carbonyl (C=O) groups excluding carboxylic acids is 1. The fourth-order valence-electron chi connectivity index (χ4n) is 1.06. The lowest BCUT2D eigenvalue weighted by molar-refractivity contribution is -0.130. The summed E-state index contributed by atoms with van der Waals surface area (Å²) < 4.78 is 5.31. The summed E-state index contributed by atoms with van der Waals surface area (Å²) in [5, 5.41) is 0.781. The van der Waals surface area contributed by atoms with Gasteiger partial charge < -0.3 is 4.74 Å². The smallest absolute Gasteiger partial charge is 0.230 e. The predicted octanol–water partition coefficient (Wildman–Crippen LogP) is 4.55. The average molecular weight is 296 g/mol. The first-order valence-corrected chi connectivity index (χ1v) is 6.21. The van der Waals surface area contributed by atoms with Crippen LogP contribution in [-0.4, -0.2) is 11.3 Å². The molecule has 0 heterocycles. The monoisotopic (exact) mass is 294 g/mol. The van der Waals surface area contributed by atoms with Gasteiger partial charge >= 0.3 is 0 Å². The number of ether oxygens (including phenoxy) is 1. The van der Waals surface area contributed by atoms with Gasteiger partial charge in [-0.1, -0.05) is 55.6 Å². The highest BCUT2D eigenvalue weighted by Crippen LogP contribution is 2.28. The highest BCUT2D eigenvalue weighted by atomic mass is 35.5. The Morgan fingerprint density at radius 3 is 2.29 bits per heavy atom. The van der Waals surface area contributed by atoms with E-state index >= 15 is 0 Å². The average Bonchev–Trinajstić information content (AvgIpc) is 2.21. The van der Waals surface area contributed by atoms with Crippen LogP contribution in [-0.2, 0) is 4.79 Å². The third kappa shape index (κ3) is 4.06. The van der Waals surface area contributed by atoms with Gasteiger partial charge in [-0.15, -0.1) is 0 Å². The lowest BCUT2D eigenvalue weighted by atomic mass is 9.91. The number of hydrogen-bond acceptors (Lipinski definition) is 2. The second-order valence-electron chi connectivity index (χ2n) is 4.62. The Balaban J connectivity index is 2.78. The molecule has 2 nitrogen and oxygen atoms in total. The maximum atomic E-state index is 11.8. The molecule has 0 aliphatic rings. The SMILES string of the molecule is CC(C)(C)C(=O)C(Cl)Oc1ccc(Cl)c(Cl)c1. The lowest BCUT2D eigenvalue weighted by Crippen LogP contribution is -2.32. The fraction of sp³-hybridized carbons (Fsp3) is 0.417. The van der Waals surface area contributed by atoms with E-state index in [1.807, 2.05) is 0 Å². The van der Waals surface area contributed by atoms with Crippen molar-refractivity contribution < 1.29 is 9.53 Å². The molecule has 0 saturated carbocycles. The van der Waals surface area contributed by atoms with Crippen LogP contribution >= 0.6 is 34.8 Å². The third-order valence-electron chi connectivity index (χ3n) is 2.08. The summed E-state index contributed by atoms with van der Waals surface area (Å²) in [5.74, 6) is 0.224. The third-order valence-corrected chi connectivity index (χ3v) is 3.10. The van der Waals surface area contributed by atoms with Crippen molar-refractivity contribution in [3.8, 4) is 5.75 Å². The van der Waals surface area contributed by atoms with Crippen LogP contribution in [0.2, 0.25) is 10.0 Å². The summed E-state index contributed by atoms with van der Waals surface area (Å²) in [6.45, 7) is 5.34. The van der Waals surface area contributed by atoms with Crippen molar-refractivity contribution in [1.29, 1.82) is 0 Å². The molecular weight excluding hydrogens is 282 g/mol. The van der Waals surface area contributed by atoms with E-state index in [2.05, 4.69) is 0 Å². The van der Waals surface area contributed by atoms with E-state index in [0.29, 0.717) is 15.8 Å². The summed E-state index contributed by atoms with van der Waals surface area (Å²) in [6, 6.07) is 4.72. The van der Waals surface area contributed by atoms with Crippen molar-refractivity contribution in [2.24, 2.45) is 5.41 Å². The van der Waals surface area contributed by atoms with Crippen molar-refractivity contribution in [1.82, 2.24) is 0 Å². The molecule has 1 rings (SSSR count). The Kier molecular flexibility index (Phi) is 4.70. The minimum absolute atomic E-state index is 0.190. The number of alkyl halides is 1. The highest BCUT2D eigenvalue weighted by molar-refractivity contribution is 6.42. The Labute approximate surface area is 116 Å². The summed E-state index contributed by atoms with van der Waals surface area (Å²) in [4.78, 5) is 11.8. The van der Waals surface area contributed by atoms with Gasteiger partial charge in [-0.05, 0) is 12.1 Å². The Morgan fingerprint density at radius 1 is 1.24 bits per heavy atom. The van der Waals surface area contributed by atoms with Crippen LogP contribution in [0.25, 0.3) is 0 Å². The largest absolute Gasteiger partial charge is 0.467 e. The number of Topliss-reactive ketones (excluding diaryl/α,β-unsaturated/α-hetero) is 1. The van der Waals surface area contributed by atoms with Crippen LogP contribution in [0.4, 0.5) is 0 Å². The molecule has 0 fully saturated rings. The van der Waals surface area contributed by atoms with Gasteiger partial charge in [0.2, 0.25) is 5.56 Å². The zero-order valence-corrected chi connectivity index (χ0v) is 12.0. The normalized spacial score (nSPS) is 13.3. The number of rotatable bonds is 3. The Bertz CT molecular complexity index is 424. The van der Waals surface area contributed by atoms with Crippen LogP contribution < -0.4 is 4.74 Å². The number of halogens is 3. The summed E-state index contributed by atoms with van der Waals surface area (Å²) in [6.07, 6.45) is 0. The fourth-order valence-corrected chi connectivity index (χ4v) is 1.78.